The molecule has 0 radical (unpaired) electrons. The average Bonchev–Trinajstić information content (AvgIpc) is 2.38. The molecule has 0 saturated carbocycles. The molecule has 17 heavy (non-hydrogen) atoms. The van der Waals surface area contributed by atoms with Crippen LogP contribution in [0.4, 0.5) is 11.4 Å². The molecule has 0 aliphatic heterocycles. The predicted octanol–water partition coefficient (Wildman–Crippen LogP) is 5.49. The van der Waals surface area contributed by atoms with Crippen molar-refractivity contribution < 1.29 is 20.8 Å². The summed E-state index contributed by atoms with van der Waals surface area (Å²) in [4.78, 5) is 0. The molecule has 2 rings (SSSR count). The number of hydrogen-bond acceptors (Lipinski definition) is 0. The van der Waals surface area contributed by atoms with Crippen LogP contribution < -0.4 is 0 Å². The standard InChI is InChI=1S/C12H12N2.2ClH.Zr/c1-13-10-7-3-5-9-6-4-8-11(14-2)12(9)10;;;/h3-8H,1-2H3;2*1H;/q-2;;;+4/p-2. The Kier molecular flexibility index (Phi) is 6.95. The Morgan fingerprint density at radius 3 is 1.65 bits per heavy atom. The molecule has 0 aliphatic rings. The van der Waals surface area contributed by atoms with Crippen molar-refractivity contribution in [3.05, 3.63) is 47.0 Å². The van der Waals surface area contributed by atoms with Gasteiger partial charge in [-0.05, 0) is 10.8 Å². The zero-order valence-electron chi connectivity index (χ0n) is 9.61. The summed E-state index contributed by atoms with van der Waals surface area (Å²) >= 11 is -0.826. The molecule has 0 amide bonds. The Hall–Kier alpha value is -0.237. The van der Waals surface area contributed by atoms with E-state index in [4.69, 9.17) is 17.0 Å². The number of hydrogen-bond donors (Lipinski definition) is 0. The van der Waals surface area contributed by atoms with Gasteiger partial charge < -0.3 is 10.6 Å². The third kappa shape index (κ3) is 3.87. The van der Waals surface area contributed by atoms with Gasteiger partial charge in [0.2, 0.25) is 0 Å². The molecule has 0 aromatic heterocycles. The van der Waals surface area contributed by atoms with Gasteiger partial charge >= 0.3 is 37.9 Å². The van der Waals surface area contributed by atoms with Gasteiger partial charge in [0, 0.05) is 0 Å². The molecular formula is C12H12Cl2N2Zr. The first-order valence-electron chi connectivity index (χ1n) is 4.96. The molecule has 88 valence electrons. The quantitative estimate of drug-likeness (QED) is 0.688. The Labute approximate surface area is 120 Å². The van der Waals surface area contributed by atoms with Gasteiger partial charge in [-0.25, -0.2) is 0 Å². The molecule has 0 fully saturated rings. The maximum atomic E-state index is 4.93. The van der Waals surface area contributed by atoms with Crippen LogP contribution in [0, 0.1) is 0 Å². The summed E-state index contributed by atoms with van der Waals surface area (Å²) in [5.41, 5.74) is 2.01. The molecule has 0 saturated heterocycles. The van der Waals surface area contributed by atoms with E-state index in [-0.39, 0.29) is 0 Å². The van der Waals surface area contributed by atoms with Gasteiger partial charge in [-0.2, -0.15) is 0 Å². The second kappa shape index (κ2) is 7.97. The number of halogens is 2. The minimum atomic E-state index is -0.826. The van der Waals surface area contributed by atoms with Crippen molar-refractivity contribution in [2.75, 3.05) is 14.1 Å². The van der Waals surface area contributed by atoms with E-state index < -0.39 is 20.8 Å². The van der Waals surface area contributed by atoms with E-state index >= 15 is 0 Å². The number of rotatable bonds is 2. The van der Waals surface area contributed by atoms with Crippen molar-refractivity contribution in [1.29, 1.82) is 0 Å². The molecule has 2 nitrogen and oxygen atoms in total. The molecule has 0 spiro atoms. The SMILES string of the molecule is C[N-]c1cccc2cccc([N-]C)c12.[Cl][Zr+2][Cl]. The first-order valence-corrected chi connectivity index (χ1v) is 11.3. The molecule has 0 unspecified atom stereocenters. The Morgan fingerprint density at radius 2 is 1.29 bits per heavy atom. The van der Waals surface area contributed by atoms with E-state index in [0.717, 1.165) is 16.8 Å². The summed E-state index contributed by atoms with van der Waals surface area (Å²) in [6, 6.07) is 12.2. The van der Waals surface area contributed by atoms with E-state index in [1.807, 2.05) is 24.3 Å². The molecule has 0 bridgehead atoms. The van der Waals surface area contributed by atoms with Crippen molar-refractivity contribution >= 4 is 39.2 Å². The van der Waals surface area contributed by atoms with Crippen LogP contribution in [0.1, 0.15) is 0 Å². The molecule has 0 N–H and O–H groups in total. The van der Waals surface area contributed by atoms with Gasteiger partial charge in [0.25, 0.3) is 0 Å². The van der Waals surface area contributed by atoms with Crippen LogP contribution in [-0.2, 0) is 20.8 Å². The van der Waals surface area contributed by atoms with Crippen LogP contribution in [-0.4, -0.2) is 14.1 Å². The monoisotopic (exact) mass is 344 g/mol. The van der Waals surface area contributed by atoms with Crippen molar-refractivity contribution in [3.63, 3.8) is 0 Å². The molecule has 2 aromatic carbocycles. The normalized spacial score (nSPS) is 8.94. The van der Waals surface area contributed by atoms with Crippen LogP contribution in [0.2, 0.25) is 0 Å². The van der Waals surface area contributed by atoms with E-state index in [0.29, 0.717) is 0 Å². The molecule has 0 aliphatic carbocycles. The fraction of sp³-hybridized carbons (Fsp3) is 0.167. The Balaban J connectivity index is 0.000000437. The summed E-state index contributed by atoms with van der Waals surface area (Å²) in [7, 11) is 13.5. The van der Waals surface area contributed by atoms with Crippen molar-refractivity contribution in [3.8, 4) is 0 Å². The predicted molar refractivity (Wildman–Crippen MR) is 73.5 cm³/mol. The third-order valence-electron chi connectivity index (χ3n) is 2.34. The molecular weight excluding hydrogens is 334 g/mol. The number of benzene rings is 2. The first-order chi connectivity index (χ1) is 8.28. The van der Waals surface area contributed by atoms with E-state index in [9.17, 15) is 0 Å². The number of nitrogens with zero attached hydrogens (tertiary/aromatic N) is 2. The van der Waals surface area contributed by atoms with E-state index in [2.05, 4.69) is 22.8 Å². The topological polar surface area (TPSA) is 28.2 Å². The van der Waals surface area contributed by atoms with E-state index in [1.165, 1.54) is 5.39 Å². The maximum absolute atomic E-state index is 4.93. The van der Waals surface area contributed by atoms with Gasteiger partial charge in [-0.1, -0.05) is 36.4 Å². The molecule has 0 atom stereocenters. The third-order valence-corrected chi connectivity index (χ3v) is 2.34. The number of fused-ring (bicyclic) bond motifs is 1. The van der Waals surface area contributed by atoms with Crippen LogP contribution in [0.15, 0.2) is 36.4 Å². The van der Waals surface area contributed by atoms with Gasteiger partial charge in [-0.15, -0.1) is 25.5 Å². The summed E-state index contributed by atoms with van der Waals surface area (Å²) in [6.45, 7) is 0. The summed E-state index contributed by atoms with van der Waals surface area (Å²) in [6.07, 6.45) is 0. The average molecular weight is 346 g/mol. The van der Waals surface area contributed by atoms with Gasteiger partial charge in [0.15, 0.2) is 0 Å². The fourth-order valence-electron chi connectivity index (χ4n) is 1.67. The Bertz CT molecular complexity index is 438. The minimum absolute atomic E-state index is 0.826. The zero-order valence-corrected chi connectivity index (χ0v) is 13.6. The van der Waals surface area contributed by atoms with Crippen LogP contribution >= 0.6 is 17.0 Å². The Morgan fingerprint density at radius 1 is 0.882 bits per heavy atom. The summed E-state index contributed by atoms with van der Waals surface area (Å²) in [5, 5.41) is 10.8. The zero-order chi connectivity index (χ0) is 12.7. The first kappa shape index (κ1) is 14.8. The molecule has 0 heterocycles. The molecule has 2 aromatic rings. The van der Waals surface area contributed by atoms with Crippen LogP contribution in [0.3, 0.4) is 0 Å². The van der Waals surface area contributed by atoms with Crippen LogP contribution in [0.25, 0.3) is 21.4 Å². The summed E-state index contributed by atoms with van der Waals surface area (Å²) in [5.74, 6) is 0. The van der Waals surface area contributed by atoms with Crippen molar-refractivity contribution in [1.82, 2.24) is 0 Å². The van der Waals surface area contributed by atoms with Crippen molar-refractivity contribution in [2.24, 2.45) is 0 Å². The van der Waals surface area contributed by atoms with Gasteiger partial charge in [-0.3, -0.25) is 0 Å². The summed E-state index contributed by atoms with van der Waals surface area (Å²) < 4.78 is 0. The van der Waals surface area contributed by atoms with Gasteiger partial charge in [0.05, 0.1) is 0 Å². The van der Waals surface area contributed by atoms with Crippen molar-refractivity contribution in [2.45, 2.75) is 0 Å². The fourth-order valence-corrected chi connectivity index (χ4v) is 1.67. The molecule has 5 heteroatoms. The van der Waals surface area contributed by atoms with E-state index in [1.54, 1.807) is 14.1 Å². The second-order valence-electron chi connectivity index (χ2n) is 3.17. The van der Waals surface area contributed by atoms with Crippen LogP contribution in [0.5, 0.6) is 0 Å². The second-order valence-corrected chi connectivity index (χ2v) is 6.90. The van der Waals surface area contributed by atoms with Gasteiger partial charge in [0.1, 0.15) is 0 Å².